The van der Waals surface area contributed by atoms with Gasteiger partial charge < -0.3 is 15.4 Å². The van der Waals surface area contributed by atoms with Crippen LogP contribution in [0.3, 0.4) is 0 Å². The molecule has 0 atom stereocenters. The fourth-order valence-electron chi connectivity index (χ4n) is 1.96. The number of carboxylic acids is 1. The zero-order valence-corrected chi connectivity index (χ0v) is 10.5. The molecule has 3 N–H and O–H groups in total. The molecule has 0 fully saturated rings. The highest BCUT2D eigenvalue weighted by Crippen LogP contribution is 2.18. The van der Waals surface area contributed by atoms with Crippen LogP contribution in [0, 0.1) is 0 Å². The van der Waals surface area contributed by atoms with Crippen molar-refractivity contribution in [2.45, 2.75) is 6.42 Å². The number of aromatic nitrogens is 1. The Kier molecular flexibility index (Phi) is 3.37. The second-order valence-electron chi connectivity index (χ2n) is 4.26. The maximum Gasteiger partial charge on any atom is 0.309 e. The zero-order valence-electron chi connectivity index (χ0n) is 10.5. The van der Waals surface area contributed by atoms with Crippen LogP contribution in [0.15, 0.2) is 36.4 Å². The Morgan fingerprint density at radius 2 is 1.89 bits per heavy atom. The molecule has 0 amide bonds. The molecular formula is C14H14N2O3. The molecule has 0 radical (unpaired) electrons. The average molecular weight is 258 g/mol. The average Bonchev–Trinajstić information content (AvgIpc) is 2.70. The lowest BCUT2D eigenvalue weighted by Gasteiger charge is -2.07. The third-order valence-corrected chi connectivity index (χ3v) is 3.00. The van der Waals surface area contributed by atoms with Gasteiger partial charge in [-0.3, -0.25) is 9.59 Å². The summed E-state index contributed by atoms with van der Waals surface area (Å²) in [6.45, 7) is 0. The van der Waals surface area contributed by atoms with Crippen molar-refractivity contribution < 1.29 is 14.7 Å². The van der Waals surface area contributed by atoms with Crippen molar-refractivity contribution in [3.8, 4) is 0 Å². The minimum absolute atomic E-state index is 0.117. The van der Waals surface area contributed by atoms with Crippen LogP contribution in [0.2, 0.25) is 0 Å². The van der Waals surface area contributed by atoms with E-state index in [4.69, 9.17) is 10.8 Å². The fraction of sp³-hybridized carbons (Fsp3) is 0.143. The summed E-state index contributed by atoms with van der Waals surface area (Å²) < 4.78 is 1.59. The number of nitrogen functional groups attached to an aromatic ring is 1. The topological polar surface area (TPSA) is 85.3 Å². The summed E-state index contributed by atoms with van der Waals surface area (Å²) in [5, 5.41) is 8.78. The molecule has 5 nitrogen and oxygen atoms in total. The highest BCUT2D eigenvalue weighted by Gasteiger charge is 2.17. The van der Waals surface area contributed by atoms with E-state index in [1.807, 2.05) is 0 Å². The van der Waals surface area contributed by atoms with E-state index in [0.29, 0.717) is 22.6 Å². The molecule has 0 spiro atoms. The Labute approximate surface area is 110 Å². The summed E-state index contributed by atoms with van der Waals surface area (Å²) in [5.41, 5.74) is 7.60. The number of nitrogens with zero attached hydrogens (tertiary/aromatic N) is 1. The predicted octanol–water partition coefficient (Wildman–Crippen LogP) is 1.47. The first-order valence-electron chi connectivity index (χ1n) is 5.76. The first kappa shape index (κ1) is 12.9. The van der Waals surface area contributed by atoms with Crippen LogP contribution in [0.4, 0.5) is 5.69 Å². The number of para-hydroxylation sites is 1. The molecule has 0 bridgehead atoms. The first-order chi connectivity index (χ1) is 9.00. The van der Waals surface area contributed by atoms with Crippen molar-refractivity contribution in [2.75, 3.05) is 5.73 Å². The first-order valence-corrected chi connectivity index (χ1v) is 5.76. The summed E-state index contributed by atoms with van der Waals surface area (Å²) in [6.07, 6.45) is -0.117. The van der Waals surface area contributed by atoms with Gasteiger partial charge in [0.25, 0.3) is 0 Å². The van der Waals surface area contributed by atoms with Crippen molar-refractivity contribution >= 4 is 17.4 Å². The molecule has 19 heavy (non-hydrogen) atoms. The predicted molar refractivity (Wildman–Crippen MR) is 71.0 cm³/mol. The maximum absolute atomic E-state index is 12.3. The number of hydrogen-bond donors (Lipinski definition) is 2. The Morgan fingerprint density at radius 1 is 1.21 bits per heavy atom. The summed E-state index contributed by atoms with van der Waals surface area (Å²) >= 11 is 0. The standard InChI is InChI=1S/C14H14N2O3/c1-16-9(8-13(17)18)6-7-12(16)14(19)10-4-2-3-5-11(10)15/h2-7H,8,15H2,1H3,(H,17,18). The van der Waals surface area contributed by atoms with Crippen molar-refractivity contribution in [1.29, 1.82) is 0 Å². The van der Waals surface area contributed by atoms with Gasteiger partial charge in [-0.05, 0) is 24.3 Å². The third-order valence-electron chi connectivity index (χ3n) is 3.00. The van der Waals surface area contributed by atoms with E-state index in [9.17, 15) is 9.59 Å². The summed E-state index contributed by atoms with van der Waals surface area (Å²) in [6, 6.07) is 10.1. The summed E-state index contributed by atoms with van der Waals surface area (Å²) in [4.78, 5) is 23.0. The SMILES string of the molecule is Cn1c(CC(=O)O)ccc1C(=O)c1ccccc1N. The van der Waals surface area contributed by atoms with Crippen LogP contribution in [0.25, 0.3) is 0 Å². The highest BCUT2D eigenvalue weighted by atomic mass is 16.4. The Bertz CT molecular complexity index is 644. The molecule has 1 heterocycles. The van der Waals surface area contributed by atoms with Crippen molar-refractivity contribution in [3.63, 3.8) is 0 Å². The molecule has 0 aliphatic carbocycles. The smallest absolute Gasteiger partial charge is 0.309 e. The van der Waals surface area contributed by atoms with Crippen molar-refractivity contribution in [1.82, 2.24) is 4.57 Å². The van der Waals surface area contributed by atoms with Gasteiger partial charge in [-0.2, -0.15) is 0 Å². The lowest BCUT2D eigenvalue weighted by Crippen LogP contribution is -2.12. The zero-order chi connectivity index (χ0) is 14.0. The number of carbonyl (C=O) groups is 2. The number of rotatable bonds is 4. The van der Waals surface area contributed by atoms with Gasteiger partial charge >= 0.3 is 5.97 Å². The number of hydrogen-bond acceptors (Lipinski definition) is 3. The van der Waals surface area contributed by atoms with Crippen LogP contribution < -0.4 is 5.73 Å². The number of aliphatic carboxylic acids is 1. The van der Waals surface area contributed by atoms with Gasteiger partial charge in [-0.15, -0.1) is 0 Å². The minimum Gasteiger partial charge on any atom is -0.481 e. The summed E-state index contributed by atoms with van der Waals surface area (Å²) in [7, 11) is 1.67. The highest BCUT2D eigenvalue weighted by molar-refractivity contribution is 6.11. The second-order valence-corrected chi connectivity index (χ2v) is 4.26. The third kappa shape index (κ3) is 2.49. The molecule has 2 aromatic rings. The Hall–Kier alpha value is -2.56. The van der Waals surface area contributed by atoms with Gasteiger partial charge in [0.05, 0.1) is 12.1 Å². The van der Waals surface area contributed by atoms with E-state index in [1.165, 1.54) is 0 Å². The quantitative estimate of drug-likeness (QED) is 0.642. The lowest BCUT2D eigenvalue weighted by molar-refractivity contribution is -0.136. The van der Waals surface area contributed by atoms with Gasteiger partial charge in [-0.1, -0.05) is 12.1 Å². The molecule has 98 valence electrons. The van der Waals surface area contributed by atoms with E-state index < -0.39 is 5.97 Å². The number of nitrogens with two attached hydrogens (primary N) is 1. The molecule has 5 heteroatoms. The van der Waals surface area contributed by atoms with Crippen LogP contribution in [-0.4, -0.2) is 21.4 Å². The molecular weight excluding hydrogens is 244 g/mol. The maximum atomic E-state index is 12.3. The van der Waals surface area contributed by atoms with E-state index in [0.717, 1.165) is 0 Å². The Morgan fingerprint density at radius 3 is 2.53 bits per heavy atom. The molecule has 0 unspecified atom stereocenters. The Balaban J connectivity index is 2.38. The van der Waals surface area contributed by atoms with Gasteiger partial charge in [0, 0.05) is 24.0 Å². The number of carbonyl (C=O) groups excluding carboxylic acids is 1. The van der Waals surface area contributed by atoms with Gasteiger partial charge in [0.15, 0.2) is 0 Å². The van der Waals surface area contributed by atoms with Crippen LogP contribution in [0.5, 0.6) is 0 Å². The largest absolute Gasteiger partial charge is 0.481 e. The molecule has 0 saturated heterocycles. The molecule has 0 saturated carbocycles. The van der Waals surface area contributed by atoms with E-state index in [-0.39, 0.29) is 12.2 Å². The van der Waals surface area contributed by atoms with E-state index in [2.05, 4.69) is 0 Å². The van der Waals surface area contributed by atoms with Crippen molar-refractivity contribution in [2.24, 2.45) is 7.05 Å². The number of benzene rings is 1. The molecule has 0 aliphatic rings. The number of ketones is 1. The van der Waals surface area contributed by atoms with Crippen molar-refractivity contribution in [3.05, 3.63) is 53.3 Å². The van der Waals surface area contributed by atoms with Crippen LogP contribution in [0.1, 0.15) is 21.7 Å². The minimum atomic E-state index is -0.931. The molecule has 0 aliphatic heterocycles. The van der Waals surface area contributed by atoms with Gasteiger partial charge in [0.1, 0.15) is 0 Å². The van der Waals surface area contributed by atoms with Crippen LogP contribution >= 0.6 is 0 Å². The van der Waals surface area contributed by atoms with E-state index in [1.54, 1.807) is 48.0 Å². The normalized spacial score (nSPS) is 10.4. The van der Waals surface area contributed by atoms with Gasteiger partial charge in [-0.25, -0.2) is 0 Å². The van der Waals surface area contributed by atoms with Crippen LogP contribution in [-0.2, 0) is 18.3 Å². The monoisotopic (exact) mass is 258 g/mol. The summed E-state index contributed by atoms with van der Waals surface area (Å²) in [5.74, 6) is -1.14. The number of anilines is 1. The number of carboxylic acid groups (broad SMARTS) is 1. The lowest BCUT2D eigenvalue weighted by atomic mass is 10.1. The molecule has 1 aromatic heterocycles. The van der Waals surface area contributed by atoms with Gasteiger partial charge in [0.2, 0.25) is 5.78 Å². The van der Waals surface area contributed by atoms with E-state index >= 15 is 0 Å². The fourth-order valence-corrected chi connectivity index (χ4v) is 1.96. The molecule has 1 aromatic carbocycles. The second kappa shape index (κ2) is 4.97. The molecule has 2 rings (SSSR count).